The number of rotatable bonds is 4. The number of aromatic nitrogens is 3. The summed E-state index contributed by atoms with van der Waals surface area (Å²) in [7, 11) is 1.93. The van der Waals surface area contributed by atoms with Crippen LogP contribution in [0.5, 0.6) is 0 Å². The lowest BCUT2D eigenvalue weighted by molar-refractivity contribution is -0.119. The molecule has 2 aromatic rings. The topological polar surface area (TPSA) is 59.8 Å². The smallest absolute Gasteiger partial charge is 0.228 e. The summed E-state index contributed by atoms with van der Waals surface area (Å²) >= 11 is 0. The highest BCUT2D eigenvalue weighted by atomic mass is 16.1. The molecule has 1 N–H and O–H groups in total. The number of nitrogens with zero attached hydrogens (tertiary/aromatic N) is 3. The Bertz CT molecular complexity index is 660. The average molecular weight is 286 g/mol. The molecule has 0 radical (unpaired) electrons. The Morgan fingerprint density at radius 1 is 1.43 bits per heavy atom. The first-order valence-corrected chi connectivity index (χ1v) is 7.21. The van der Waals surface area contributed by atoms with Gasteiger partial charge in [-0.2, -0.15) is 5.10 Å². The summed E-state index contributed by atoms with van der Waals surface area (Å²) in [6, 6.07) is 3.84. The maximum absolute atomic E-state index is 12.0. The minimum Gasteiger partial charge on any atom is -0.310 e. The molecule has 0 aromatic carbocycles. The summed E-state index contributed by atoms with van der Waals surface area (Å²) in [6.45, 7) is 7.93. The molecule has 0 saturated heterocycles. The highest BCUT2D eigenvalue weighted by Gasteiger charge is 2.14. The second-order valence-electron chi connectivity index (χ2n) is 5.40. The van der Waals surface area contributed by atoms with Gasteiger partial charge in [-0.15, -0.1) is 0 Å². The van der Waals surface area contributed by atoms with Crippen molar-refractivity contribution in [1.82, 2.24) is 14.8 Å². The molecular formula is C16H22N4O. The third kappa shape index (κ3) is 3.12. The lowest BCUT2D eigenvalue weighted by Crippen LogP contribution is -2.20. The molecule has 0 bridgehead atoms. The molecule has 112 valence electrons. The van der Waals surface area contributed by atoms with Gasteiger partial charge in [0.05, 0.1) is 5.69 Å². The summed E-state index contributed by atoms with van der Waals surface area (Å²) < 4.78 is 1.86. The molecule has 0 saturated carbocycles. The van der Waals surface area contributed by atoms with Crippen molar-refractivity contribution in [2.24, 2.45) is 13.0 Å². The lowest BCUT2D eigenvalue weighted by Gasteiger charge is -2.10. The third-order valence-corrected chi connectivity index (χ3v) is 3.87. The Labute approximate surface area is 125 Å². The van der Waals surface area contributed by atoms with Gasteiger partial charge in [-0.25, -0.2) is 4.98 Å². The van der Waals surface area contributed by atoms with Crippen molar-refractivity contribution >= 4 is 11.7 Å². The van der Waals surface area contributed by atoms with Crippen LogP contribution in [0.4, 0.5) is 5.82 Å². The van der Waals surface area contributed by atoms with Crippen molar-refractivity contribution < 1.29 is 4.79 Å². The first kappa shape index (κ1) is 15.2. The number of aryl methyl sites for hydroxylation is 2. The Kier molecular flexibility index (Phi) is 4.40. The second-order valence-corrected chi connectivity index (χ2v) is 5.40. The standard InChI is InChI=1S/C16H22N4O/c1-6-10(2)16(21)18-14-9-13(7-8-17-14)15-11(3)19-20(5)12(15)4/h7-10H,6H2,1-5H3,(H,17,18,21). The number of hydrogen-bond acceptors (Lipinski definition) is 3. The molecule has 0 aliphatic carbocycles. The van der Waals surface area contributed by atoms with E-state index in [-0.39, 0.29) is 11.8 Å². The highest BCUT2D eigenvalue weighted by molar-refractivity contribution is 5.92. The van der Waals surface area contributed by atoms with E-state index in [1.807, 2.05) is 51.6 Å². The van der Waals surface area contributed by atoms with E-state index in [0.717, 1.165) is 28.9 Å². The number of pyridine rings is 1. The predicted molar refractivity (Wildman–Crippen MR) is 84.0 cm³/mol. The van der Waals surface area contributed by atoms with Crippen molar-refractivity contribution in [3.8, 4) is 11.1 Å². The summed E-state index contributed by atoms with van der Waals surface area (Å²) in [5.41, 5.74) is 4.18. The van der Waals surface area contributed by atoms with Crippen LogP contribution in [-0.2, 0) is 11.8 Å². The Morgan fingerprint density at radius 3 is 2.71 bits per heavy atom. The van der Waals surface area contributed by atoms with Crippen LogP contribution < -0.4 is 5.32 Å². The molecule has 5 heteroatoms. The Balaban J connectivity index is 2.32. The van der Waals surface area contributed by atoms with Gasteiger partial charge in [0.1, 0.15) is 5.82 Å². The van der Waals surface area contributed by atoms with Gasteiger partial charge in [0.25, 0.3) is 0 Å². The molecule has 0 fully saturated rings. The lowest BCUT2D eigenvalue weighted by atomic mass is 10.0. The van der Waals surface area contributed by atoms with Crippen LogP contribution >= 0.6 is 0 Å². The monoisotopic (exact) mass is 286 g/mol. The quantitative estimate of drug-likeness (QED) is 0.939. The van der Waals surface area contributed by atoms with Crippen LogP contribution in [0.25, 0.3) is 11.1 Å². The van der Waals surface area contributed by atoms with E-state index in [1.165, 1.54) is 0 Å². The Morgan fingerprint density at radius 2 is 2.14 bits per heavy atom. The van der Waals surface area contributed by atoms with Crippen molar-refractivity contribution in [3.63, 3.8) is 0 Å². The molecular weight excluding hydrogens is 264 g/mol. The van der Waals surface area contributed by atoms with Crippen molar-refractivity contribution in [1.29, 1.82) is 0 Å². The first-order chi connectivity index (χ1) is 9.93. The largest absolute Gasteiger partial charge is 0.310 e. The van der Waals surface area contributed by atoms with E-state index in [4.69, 9.17) is 0 Å². The number of carbonyl (C=O) groups excluding carboxylic acids is 1. The molecule has 1 atom stereocenters. The van der Waals surface area contributed by atoms with Crippen molar-refractivity contribution in [3.05, 3.63) is 29.7 Å². The van der Waals surface area contributed by atoms with E-state index in [0.29, 0.717) is 5.82 Å². The maximum atomic E-state index is 12.0. The summed E-state index contributed by atoms with van der Waals surface area (Å²) in [4.78, 5) is 16.2. The summed E-state index contributed by atoms with van der Waals surface area (Å²) in [5, 5.41) is 7.30. The number of anilines is 1. The van der Waals surface area contributed by atoms with Gasteiger partial charge in [-0.05, 0) is 38.0 Å². The molecule has 1 unspecified atom stereocenters. The van der Waals surface area contributed by atoms with E-state index < -0.39 is 0 Å². The predicted octanol–water partition coefficient (Wildman–Crippen LogP) is 3.08. The molecule has 0 spiro atoms. The summed E-state index contributed by atoms with van der Waals surface area (Å²) in [6.07, 6.45) is 2.53. The van der Waals surface area contributed by atoms with Crippen molar-refractivity contribution in [2.75, 3.05) is 5.32 Å². The fraction of sp³-hybridized carbons (Fsp3) is 0.438. The van der Waals surface area contributed by atoms with Gasteiger partial charge in [0, 0.05) is 30.4 Å². The van der Waals surface area contributed by atoms with Crippen LogP contribution in [-0.4, -0.2) is 20.7 Å². The van der Waals surface area contributed by atoms with E-state index in [2.05, 4.69) is 15.4 Å². The van der Waals surface area contributed by atoms with Crippen LogP contribution in [0.1, 0.15) is 31.7 Å². The SMILES string of the molecule is CCC(C)C(=O)Nc1cc(-c2c(C)nn(C)c2C)ccn1. The second kappa shape index (κ2) is 6.08. The zero-order chi connectivity index (χ0) is 15.6. The molecule has 1 amide bonds. The van der Waals surface area contributed by atoms with Gasteiger partial charge >= 0.3 is 0 Å². The van der Waals surface area contributed by atoms with Gasteiger partial charge in [-0.1, -0.05) is 13.8 Å². The van der Waals surface area contributed by atoms with Gasteiger partial charge in [-0.3, -0.25) is 9.48 Å². The van der Waals surface area contributed by atoms with Gasteiger partial charge in [0.15, 0.2) is 0 Å². The van der Waals surface area contributed by atoms with Crippen LogP contribution in [0, 0.1) is 19.8 Å². The molecule has 2 heterocycles. The normalized spacial score (nSPS) is 12.2. The molecule has 21 heavy (non-hydrogen) atoms. The van der Waals surface area contributed by atoms with E-state index in [1.54, 1.807) is 6.20 Å². The average Bonchev–Trinajstić information content (AvgIpc) is 2.71. The Hall–Kier alpha value is -2.17. The van der Waals surface area contributed by atoms with Crippen LogP contribution in [0.15, 0.2) is 18.3 Å². The molecule has 2 aromatic heterocycles. The molecule has 5 nitrogen and oxygen atoms in total. The fourth-order valence-corrected chi connectivity index (χ4v) is 2.28. The van der Waals surface area contributed by atoms with Crippen LogP contribution in [0.3, 0.4) is 0 Å². The molecule has 0 aliphatic heterocycles. The highest BCUT2D eigenvalue weighted by Crippen LogP contribution is 2.27. The first-order valence-electron chi connectivity index (χ1n) is 7.21. The molecule has 0 aliphatic rings. The zero-order valence-corrected chi connectivity index (χ0v) is 13.3. The van der Waals surface area contributed by atoms with Gasteiger partial charge in [0.2, 0.25) is 5.91 Å². The minimum atomic E-state index is -0.0164. The van der Waals surface area contributed by atoms with E-state index in [9.17, 15) is 4.79 Å². The third-order valence-electron chi connectivity index (χ3n) is 3.87. The minimum absolute atomic E-state index is 0.00165. The fourth-order valence-electron chi connectivity index (χ4n) is 2.28. The van der Waals surface area contributed by atoms with Crippen molar-refractivity contribution in [2.45, 2.75) is 34.1 Å². The van der Waals surface area contributed by atoms with Gasteiger partial charge < -0.3 is 5.32 Å². The molecule has 2 rings (SSSR count). The van der Waals surface area contributed by atoms with Crippen LogP contribution in [0.2, 0.25) is 0 Å². The maximum Gasteiger partial charge on any atom is 0.228 e. The number of nitrogens with one attached hydrogen (secondary N) is 1. The number of amides is 1. The number of hydrogen-bond donors (Lipinski definition) is 1. The van der Waals surface area contributed by atoms with E-state index >= 15 is 0 Å². The summed E-state index contributed by atoms with van der Waals surface area (Å²) in [5.74, 6) is 0.569. The number of carbonyl (C=O) groups is 1. The zero-order valence-electron chi connectivity index (χ0n) is 13.3.